The first-order valence-corrected chi connectivity index (χ1v) is 9.91. The number of benzene rings is 1. The second-order valence-corrected chi connectivity index (χ2v) is 11.3. The van der Waals surface area contributed by atoms with Crippen molar-refractivity contribution in [3.63, 3.8) is 0 Å². The third-order valence-corrected chi connectivity index (χ3v) is 8.37. The zero-order chi connectivity index (χ0) is 15.0. The van der Waals surface area contributed by atoms with Crippen LogP contribution in [-0.4, -0.2) is 15.1 Å². The largest absolute Gasteiger partial charge is 0.543 e. The molecule has 0 radical (unpaired) electrons. The van der Waals surface area contributed by atoms with Gasteiger partial charge in [0.25, 0.3) is 8.32 Å². The standard InChI is InChI=1S/C16H24O3Si/c1-7-8-12-9-14-15(18-11-17-14)10-13(12)19-20(5,6)16(2,3)4/h7-10H,11H2,1-6H3/b8-7+. The average Bonchev–Trinajstić information content (AvgIpc) is 2.74. The first-order chi connectivity index (χ1) is 9.24. The van der Waals surface area contributed by atoms with Gasteiger partial charge in [-0.3, -0.25) is 0 Å². The third-order valence-electron chi connectivity index (χ3n) is 4.02. The summed E-state index contributed by atoms with van der Waals surface area (Å²) >= 11 is 0. The first kappa shape index (κ1) is 15.0. The van der Waals surface area contributed by atoms with Crippen molar-refractivity contribution in [1.82, 2.24) is 0 Å². The quantitative estimate of drug-likeness (QED) is 0.747. The van der Waals surface area contributed by atoms with E-state index in [0.29, 0.717) is 0 Å². The van der Waals surface area contributed by atoms with E-state index in [1.807, 2.05) is 31.2 Å². The van der Waals surface area contributed by atoms with Gasteiger partial charge < -0.3 is 13.9 Å². The highest BCUT2D eigenvalue weighted by Crippen LogP contribution is 2.43. The van der Waals surface area contributed by atoms with Crippen LogP contribution in [0.5, 0.6) is 17.2 Å². The fourth-order valence-corrected chi connectivity index (χ4v) is 2.80. The van der Waals surface area contributed by atoms with Gasteiger partial charge in [-0.1, -0.05) is 32.9 Å². The van der Waals surface area contributed by atoms with Crippen molar-refractivity contribution in [3.05, 3.63) is 23.8 Å². The van der Waals surface area contributed by atoms with Gasteiger partial charge in [0.1, 0.15) is 5.75 Å². The van der Waals surface area contributed by atoms with Crippen molar-refractivity contribution in [2.75, 3.05) is 6.79 Å². The number of hydrogen-bond acceptors (Lipinski definition) is 3. The number of allylic oxidation sites excluding steroid dienone is 1. The Morgan fingerprint density at radius 2 is 1.75 bits per heavy atom. The van der Waals surface area contributed by atoms with Crippen molar-refractivity contribution in [2.45, 2.75) is 45.8 Å². The van der Waals surface area contributed by atoms with Crippen LogP contribution in [0.25, 0.3) is 6.08 Å². The fraction of sp³-hybridized carbons (Fsp3) is 0.500. The van der Waals surface area contributed by atoms with Gasteiger partial charge >= 0.3 is 0 Å². The second-order valence-electron chi connectivity index (χ2n) is 6.61. The van der Waals surface area contributed by atoms with Crippen LogP contribution in [0, 0.1) is 0 Å². The normalized spacial score (nSPS) is 14.9. The Hall–Kier alpha value is -1.42. The highest BCUT2D eigenvalue weighted by atomic mass is 28.4. The van der Waals surface area contributed by atoms with E-state index >= 15 is 0 Å². The minimum absolute atomic E-state index is 0.163. The molecular formula is C16H24O3Si. The zero-order valence-electron chi connectivity index (χ0n) is 13.2. The van der Waals surface area contributed by atoms with Gasteiger partial charge in [0.2, 0.25) is 6.79 Å². The van der Waals surface area contributed by atoms with Gasteiger partial charge in [-0.15, -0.1) is 0 Å². The molecule has 0 fully saturated rings. The van der Waals surface area contributed by atoms with Crippen LogP contribution in [0.2, 0.25) is 18.1 Å². The molecule has 0 aliphatic carbocycles. The van der Waals surface area contributed by atoms with Gasteiger partial charge in [0.05, 0.1) is 0 Å². The lowest BCUT2D eigenvalue weighted by Crippen LogP contribution is -2.44. The summed E-state index contributed by atoms with van der Waals surface area (Å²) < 4.78 is 17.3. The van der Waals surface area contributed by atoms with E-state index in [2.05, 4.69) is 33.9 Å². The Morgan fingerprint density at radius 3 is 2.30 bits per heavy atom. The van der Waals surface area contributed by atoms with Crippen molar-refractivity contribution in [2.24, 2.45) is 0 Å². The molecule has 0 saturated heterocycles. The molecule has 0 spiro atoms. The van der Waals surface area contributed by atoms with E-state index in [1.54, 1.807) is 0 Å². The molecule has 1 aliphatic rings. The molecule has 1 heterocycles. The smallest absolute Gasteiger partial charge is 0.250 e. The lowest BCUT2D eigenvalue weighted by molar-refractivity contribution is 0.174. The Labute approximate surface area is 122 Å². The SMILES string of the molecule is C/C=C/c1cc2c(cc1O[Si](C)(C)C(C)(C)C)OCO2. The van der Waals surface area contributed by atoms with Crippen molar-refractivity contribution >= 4 is 14.4 Å². The van der Waals surface area contributed by atoms with Gasteiger partial charge in [-0.05, 0) is 31.1 Å². The van der Waals surface area contributed by atoms with Crippen molar-refractivity contribution < 1.29 is 13.9 Å². The molecule has 1 aromatic carbocycles. The summed E-state index contributed by atoms with van der Waals surface area (Å²) in [4.78, 5) is 0. The molecule has 0 saturated carbocycles. The van der Waals surface area contributed by atoms with E-state index < -0.39 is 8.32 Å². The Balaban J connectivity index is 2.40. The van der Waals surface area contributed by atoms with Crippen LogP contribution in [-0.2, 0) is 0 Å². The monoisotopic (exact) mass is 292 g/mol. The molecule has 0 N–H and O–H groups in total. The van der Waals surface area contributed by atoms with Crippen LogP contribution in [0.15, 0.2) is 18.2 Å². The summed E-state index contributed by atoms with van der Waals surface area (Å²) in [7, 11) is -1.87. The molecule has 4 heteroatoms. The summed E-state index contributed by atoms with van der Waals surface area (Å²) in [5.74, 6) is 2.45. The number of hydrogen-bond donors (Lipinski definition) is 0. The molecule has 20 heavy (non-hydrogen) atoms. The third kappa shape index (κ3) is 2.85. The lowest BCUT2D eigenvalue weighted by Gasteiger charge is -2.37. The van der Waals surface area contributed by atoms with Crippen molar-refractivity contribution in [1.29, 1.82) is 0 Å². The van der Waals surface area contributed by atoms with Gasteiger partial charge in [-0.25, -0.2) is 0 Å². The van der Waals surface area contributed by atoms with E-state index in [-0.39, 0.29) is 11.8 Å². The number of rotatable bonds is 3. The van der Waals surface area contributed by atoms with Crippen molar-refractivity contribution in [3.8, 4) is 17.2 Å². The average molecular weight is 292 g/mol. The predicted molar refractivity (Wildman–Crippen MR) is 85.1 cm³/mol. The van der Waals surface area contributed by atoms with Gasteiger partial charge in [0, 0.05) is 11.6 Å². The summed E-state index contributed by atoms with van der Waals surface area (Å²) in [5, 5.41) is 0.163. The van der Waals surface area contributed by atoms with Crippen LogP contribution in [0.4, 0.5) is 0 Å². The topological polar surface area (TPSA) is 27.7 Å². The maximum Gasteiger partial charge on any atom is 0.250 e. The minimum Gasteiger partial charge on any atom is -0.543 e. The lowest BCUT2D eigenvalue weighted by atomic mass is 10.1. The Bertz CT molecular complexity index is 527. The van der Waals surface area contributed by atoms with E-state index in [1.165, 1.54) is 0 Å². The van der Waals surface area contributed by atoms with Crippen LogP contribution < -0.4 is 13.9 Å². The maximum absolute atomic E-state index is 6.43. The van der Waals surface area contributed by atoms with Gasteiger partial charge in [-0.2, -0.15) is 0 Å². The maximum atomic E-state index is 6.43. The molecule has 0 atom stereocenters. The Morgan fingerprint density at radius 1 is 1.15 bits per heavy atom. The Kier molecular flexibility index (Phi) is 3.87. The molecule has 0 aromatic heterocycles. The molecule has 0 unspecified atom stereocenters. The zero-order valence-corrected chi connectivity index (χ0v) is 14.2. The molecule has 0 bridgehead atoms. The summed E-state index contributed by atoms with van der Waals surface area (Å²) in [5.41, 5.74) is 1.04. The molecule has 3 nitrogen and oxygen atoms in total. The number of fused-ring (bicyclic) bond motifs is 1. The summed E-state index contributed by atoms with van der Waals surface area (Å²) in [6, 6.07) is 3.95. The second kappa shape index (κ2) is 5.17. The summed E-state index contributed by atoms with van der Waals surface area (Å²) in [6.07, 6.45) is 4.06. The highest BCUT2D eigenvalue weighted by Gasteiger charge is 2.39. The van der Waals surface area contributed by atoms with E-state index in [0.717, 1.165) is 22.8 Å². The van der Waals surface area contributed by atoms with Crippen LogP contribution in [0.3, 0.4) is 0 Å². The van der Waals surface area contributed by atoms with E-state index in [4.69, 9.17) is 13.9 Å². The van der Waals surface area contributed by atoms with E-state index in [9.17, 15) is 0 Å². The molecule has 0 amide bonds. The molecular weight excluding hydrogens is 268 g/mol. The molecule has 1 aromatic rings. The summed E-state index contributed by atoms with van der Waals surface area (Å²) in [6.45, 7) is 13.5. The highest BCUT2D eigenvalue weighted by molar-refractivity contribution is 6.74. The van der Waals surface area contributed by atoms with Crippen LogP contribution in [0.1, 0.15) is 33.3 Å². The number of ether oxygens (including phenoxy) is 2. The minimum atomic E-state index is -1.87. The molecule has 1 aliphatic heterocycles. The molecule has 110 valence electrons. The predicted octanol–water partition coefficient (Wildman–Crippen LogP) is 4.83. The van der Waals surface area contributed by atoms with Gasteiger partial charge in [0.15, 0.2) is 11.5 Å². The first-order valence-electron chi connectivity index (χ1n) is 7.00. The van der Waals surface area contributed by atoms with Crippen LogP contribution >= 0.6 is 0 Å². The fourth-order valence-electron chi connectivity index (χ4n) is 1.77. The molecule has 2 rings (SSSR count).